The summed E-state index contributed by atoms with van der Waals surface area (Å²) in [5, 5.41) is 5.69. The van der Waals surface area contributed by atoms with Gasteiger partial charge in [-0.2, -0.15) is 0 Å². The Bertz CT molecular complexity index is 634. The van der Waals surface area contributed by atoms with Gasteiger partial charge in [0.25, 0.3) is 0 Å². The van der Waals surface area contributed by atoms with Gasteiger partial charge in [-0.25, -0.2) is 8.78 Å². The van der Waals surface area contributed by atoms with Gasteiger partial charge in [-0.05, 0) is 37.0 Å². The lowest BCUT2D eigenvalue weighted by atomic mass is 9.93. The number of benzene rings is 1. The summed E-state index contributed by atoms with van der Waals surface area (Å²) in [6.07, 6.45) is 3.17. The maximum Gasteiger partial charge on any atom is 0.237 e. The third kappa shape index (κ3) is 3.90. The topological polar surface area (TPSA) is 61.4 Å². The summed E-state index contributed by atoms with van der Waals surface area (Å²) in [4.78, 5) is 26.1. The number of hydrogen-bond acceptors (Lipinski definition) is 3. The molecule has 2 N–H and O–H groups in total. The minimum atomic E-state index is -0.909. The van der Waals surface area contributed by atoms with E-state index in [2.05, 4.69) is 10.6 Å². The Kier molecular flexibility index (Phi) is 5.08. The third-order valence-electron chi connectivity index (χ3n) is 4.66. The molecule has 2 fully saturated rings. The van der Waals surface area contributed by atoms with E-state index >= 15 is 0 Å². The molecule has 1 aromatic rings. The Morgan fingerprint density at radius 2 is 2.08 bits per heavy atom. The molecule has 0 aromatic heterocycles. The molecule has 0 bridgehead atoms. The van der Waals surface area contributed by atoms with E-state index in [-0.39, 0.29) is 24.3 Å². The fourth-order valence-electron chi connectivity index (χ4n) is 3.06. The Morgan fingerprint density at radius 1 is 1.29 bits per heavy atom. The summed E-state index contributed by atoms with van der Waals surface area (Å²) in [5.41, 5.74) is 0.577. The van der Waals surface area contributed by atoms with Crippen LogP contribution in [0.3, 0.4) is 0 Å². The number of hydrogen-bond donors (Lipinski definition) is 2. The number of nitrogens with one attached hydrogen (secondary N) is 2. The van der Waals surface area contributed by atoms with Crippen LogP contribution in [0, 0.1) is 11.6 Å². The molecule has 2 aliphatic rings. The van der Waals surface area contributed by atoms with Crippen molar-refractivity contribution >= 4 is 11.8 Å². The van der Waals surface area contributed by atoms with Crippen LogP contribution in [-0.4, -0.2) is 41.9 Å². The normalized spacial score (nSPS) is 21.9. The molecule has 130 valence electrons. The van der Waals surface area contributed by atoms with Crippen molar-refractivity contribution in [3.63, 3.8) is 0 Å². The summed E-state index contributed by atoms with van der Waals surface area (Å²) in [5.74, 6) is -2.15. The first-order valence-corrected chi connectivity index (χ1v) is 8.28. The van der Waals surface area contributed by atoms with Crippen molar-refractivity contribution in [3.05, 3.63) is 35.4 Å². The van der Waals surface area contributed by atoms with E-state index in [0.717, 1.165) is 31.4 Å². The van der Waals surface area contributed by atoms with E-state index in [1.54, 1.807) is 0 Å². The first-order chi connectivity index (χ1) is 11.5. The summed E-state index contributed by atoms with van der Waals surface area (Å²) in [6.45, 7) is 1.33. The van der Waals surface area contributed by atoms with Crippen LogP contribution in [0.2, 0.25) is 0 Å². The van der Waals surface area contributed by atoms with Gasteiger partial charge in [0.1, 0.15) is 0 Å². The Labute approximate surface area is 139 Å². The van der Waals surface area contributed by atoms with E-state index < -0.39 is 17.7 Å². The average Bonchev–Trinajstić information content (AvgIpc) is 2.50. The van der Waals surface area contributed by atoms with E-state index in [1.165, 1.54) is 6.07 Å². The van der Waals surface area contributed by atoms with Crippen LogP contribution >= 0.6 is 0 Å². The number of piperazine rings is 1. The molecular weight excluding hydrogens is 316 g/mol. The molecule has 0 radical (unpaired) electrons. The SMILES string of the molecule is O=C(C[C@H]1C(=O)NCCN1Cc1ccc(F)c(F)c1)NC1CCC1. The third-order valence-corrected chi connectivity index (χ3v) is 4.66. The molecule has 2 amide bonds. The lowest BCUT2D eigenvalue weighted by molar-refractivity contribution is -0.134. The van der Waals surface area contributed by atoms with Crippen molar-refractivity contribution < 1.29 is 18.4 Å². The number of halogens is 2. The molecule has 7 heteroatoms. The number of rotatable bonds is 5. The van der Waals surface area contributed by atoms with Crippen molar-refractivity contribution in [2.24, 2.45) is 0 Å². The highest BCUT2D eigenvalue weighted by Crippen LogP contribution is 2.19. The van der Waals surface area contributed by atoms with Gasteiger partial charge in [0.15, 0.2) is 11.6 Å². The fourth-order valence-corrected chi connectivity index (χ4v) is 3.06. The summed E-state index contributed by atoms with van der Waals surface area (Å²) in [6, 6.07) is 3.34. The molecule has 1 heterocycles. The maximum atomic E-state index is 13.4. The molecule has 24 heavy (non-hydrogen) atoms. The van der Waals surface area contributed by atoms with Gasteiger partial charge in [-0.1, -0.05) is 6.07 Å². The second kappa shape index (κ2) is 7.25. The van der Waals surface area contributed by atoms with Crippen molar-refractivity contribution in [1.82, 2.24) is 15.5 Å². The zero-order valence-electron chi connectivity index (χ0n) is 13.4. The van der Waals surface area contributed by atoms with Gasteiger partial charge < -0.3 is 10.6 Å². The Morgan fingerprint density at radius 3 is 2.75 bits per heavy atom. The average molecular weight is 337 g/mol. The predicted octanol–water partition coefficient (Wildman–Crippen LogP) is 1.32. The number of carbonyl (C=O) groups is 2. The van der Waals surface area contributed by atoms with Gasteiger partial charge in [0, 0.05) is 25.7 Å². The van der Waals surface area contributed by atoms with Crippen molar-refractivity contribution in [1.29, 1.82) is 0 Å². The van der Waals surface area contributed by atoms with Crippen LogP contribution < -0.4 is 10.6 Å². The van der Waals surface area contributed by atoms with Crippen molar-refractivity contribution in [2.45, 2.75) is 44.3 Å². The summed E-state index contributed by atoms with van der Waals surface area (Å²) >= 11 is 0. The highest BCUT2D eigenvalue weighted by atomic mass is 19.2. The lowest BCUT2D eigenvalue weighted by Crippen LogP contribution is -2.56. The number of nitrogens with zero attached hydrogens (tertiary/aromatic N) is 1. The maximum absolute atomic E-state index is 13.4. The second-order valence-electron chi connectivity index (χ2n) is 6.43. The van der Waals surface area contributed by atoms with E-state index in [1.807, 2.05) is 4.90 Å². The van der Waals surface area contributed by atoms with Gasteiger partial charge in [-0.15, -0.1) is 0 Å². The van der Waals surface area contributed by atoms with Crippen LogP contribution in [0.1, 0.15) is 31.2 Å². The van der Waals surface area contributed by atoms with Crippen molar-refractivity contribution in [2.75, 3.05) is 13.1 Å². The number of carbonyl (C=O) groups excluding carboxylic acids is 2. The molecule has 1 aliphatic carbocycles. The van der Waals surface area contributed by atoms with E-state index in [9.17, 15) is 18.4 Å². The standard InChI is InChI=1S/C17H21F2N3O2/c18-13-5-4-11(8-14(13)19)10-22-7-6-20-17(24)15(22)9-16(23)21-12-2-1-3-12/h4-5,8,12,15H,1-3,6-7,9-10H2,(H,20,24)(H,21,23)/t15-/m0/s1. The Balaban J connectivity index is 1.65. The van der Waals surface area contributed by atoms with Crippen LogP contribution in [0.5, 0.6) is 0 Å². The highest BCUT2D eigenvalue weighted by molar-refractivity contribution is 5.88. The van der Waals surface area contributed by atoms with Gasteiger partial charge in [0.05, 0.1) is 12.5 Å². The lowest BCUT2D eigenvalue weighted by Gasteiger charge is -2.35. The zero-order chi connectivity index (χ0) is 17.1. The first kappa shape index (κ1) is 16.8. The molecule has 1 aromatic carbocycles. The first-order valence-electron chi connectivity index (χ1n) is 8.28. The van der Waals surface area contributed by atoms with E-state index in [4.69, 9.17) is 0 Å². The molecule has 1 atom stereocenters. The quantitative estimate of drug-likeness (QED) is 0.852. The molecular formula is C17H21F2N3O2. The van der Waals surface area contributed by atoms with Gasteiger partial charge in [-0.3, -0.25) is 14.5 Å². The highest BCUT2D eigenvalue weighted by Gasteiger charge is 2.32. The van der Waals surface area contributed by atoms with Crippen molar-refractivity contribution in [3.8, 4) is 0 Å². The van der Waals surface area contributed by atoms with Gasteiger partial charge >= 0.3 is 0 Å². The molecule has 1 saturated heterocycles. The smallest absolute Gasteiger partial charge is 0.237 e. The number of amides is 2. The minimum absolute atomic E-state index is 0.0754. The largest absolute Gasteiger partial charge is 0.353 e. The fraction of sp³-hybridized carbons (Fsp3) is 0.529. The van der Waals surface area contributed by atoms with Crippen LogP contribution in [0.15, 0.2) is 18.2 Å². The van der Waals surface area contributed by atoms with Gasteiger partial charge in [0.2, 0.25) is 11.8 Å². The van der Waals surface area contributed by atoms with Crippen LogP contribution in [0.25, 0.3) is 0 Å². The molecule has 1 aliphatic heterocycles. The zero-order valence-corrected chi connectivity index (χ0v) is 13.4. The Hall–Kier alpha value is -2.02. The molecule has 3 rings (SSSR count). The summed E-state index contributed by atoms with van der Waals surface area (Å²) < 4.78 is 26.4. The van der Waals surface area contributed by atoms with Crippen LogP contribution in [0.4, 0.5) is 8.78 Å². The van der Waals surface area contributed by atoms with Crippen LogP contribution in [-0.2, 0) is 16.1 Å². The molecule has 0 unspecified atom stereocenters. The monoisotopic (exact) mass is 337 g/mol. The minimum Gasteiger partial charge on any atom is -0.353 e. The predicted molar refractivity (Wildman–Crippen MR) is 84.0 cm³/mol. The second-order valence-corrected chi connectivity index (χ2v) is 6.43. The molecule has 5 nitrogen and oxygen atoms in total. The molecule has 1 saturated carbocycles. The van der Waals surface area contributed by atoms with E-state index in [0.29, 0.717) is 25.2 Å². The molecule has 0 spiro atoms. The summed E-state index contributed by atoms with van der Waals surface area (Å²) in [7, 11) is 0.